The third kappa shape index (κ3) is 2.25. The fraction of sp³-hybridized carbons (Fsp3) is 0.267. The van der Waals surface area contributed by atoms with Crippen LogP contribution < -0.4 is 4.90 Å². The van der Waals surface area contributed by atoms with Crippen LogP contribution in [-0.2, 0) is 6.54 Å². The van der Waals surface area contributed by atoms with Crippen molar-refractivity contribution in [3.8, 4) is 6.07 Å². The lowest BCUT2D eigenvalue weighted by atomic mass is 10.1. The summed E-state index contributed by atoms with van der Waals surface area (Å²) in [7, 11) is 0. The van der Waals surface area contributed by atoms with Gasteiger partial charge in [-0.25, -0.2) is 0 Å². The second kappa shape index (κ2) is 4.83. The van der Waals surface area contributed by atoms with Gasteiger partial charge in [0, 0.05) is 10.9 Å². The number of nitrogens with zero attached hydrogens (tertiary/aromatic N) is 2. The van der Waals surface area contributed by atoms with Gasteiger partial charge in [0.15, 0.2) is 0 Å². The molecular weight excluding hydrogens is 240 g/mol. The largest absolute Gasteiger partial charge is 0.362 e. The first kappa shape index (κ1) is 11.3. The maximum absolute atomic E-state index is 9.22. The Morgan fingerprint density at radius 2 is 2.06 bits per heavy atom. The zero-order valence-electron chi connectivity index (χ0n) is 10.0. The van der Waals surface area contributed by atoms with Gasteiger partial charge in [0.2, 0.25) is 0 Å². The van der Waals surface area contributed by atoms with Gasteiger partial charge in [-0.15, -0.1) is 11.3 Å². The minimum Gasteiger partial charge on any atom is -0.362 e. The number of para-hydroxylation sites is 1. The number of rotatable bonds is 4. The molecule has 0 spiro atoms. The second-order valence-corrected chi connectivity index (χ2v) is 5.60. The monoisotopic (exact) mass is 254 g/mol. The minimum absolute atomic E-state index is 0.613. The number of nitriles is 1. The molecule has 1 saturated carbocycles. The summed E-state index contributed by atoms with van der Waals surface area (Å²) < 4.78 is 0. The highest BCUT2D eigenvalue weighted by molar-refractivity contribution is 7.09. The zero-order chi connectivity index (χ0) is 12.4. The van der Waals surface area contributed by atoms with Crippen molar-refractivity contribution in [3.05, 3.63) is 52.2 Å². The van der Waals surface area contributed by atoms with Crippen molar-refractivity contribution < 1.29 is 0 Å². The topological polar surface area (TPSA) is 27.0 Å². The van der Waals surface area contributed by atoms with Gasteiger partial charge in [0.1, 0.15) is 6.07 Å². The number of anilines is 1. The van der Waals surface area contributed by atoms with Crippen LogP contribution in [0.1, 0.15) is 23.3 Å². The number of hydrogen-bond donors (Lipinski definition) is 0. The molecule has 0 unspecified atom stereocenters. The maximum Gasteiger partial charge on any atom is 0.101 e. The Morgan fingerprint density at radius 1 is 1.22 bits per heavy atom. The van der Waals surface area contributed by atoms with Crippen molar-refractivity contribution in [1.82, 2.24) is 0 Å². The van der Waals surface area contributed by atoms with Crippen LogP contribution >= 0.6 is 11.3 Å². The molecule has 1 heterocycles. The van der Waals surface area contributed by atoms with Crippen LogP contribution in [0.4, 0.5) is 5.69 Å². The molecule has 3 rings (SSSR count). The van der Waals surface area contributed by atoms with Gasteiger partial charge in [-0.05, 0) is 36.4 Å². The van der Waals surface area contributed by atoms with E-state index in [1.54, 1.807) is 11.3 Å². The lowest BCUT2D eigenvalue weighted by Gasteiger charge is -2.25. The normalized spacial score (nSPS) is 14.2. The molecular formula is C15H14N2S. The summed E-state index contributed by atoms with van der Waals surface area (Å²) in [6.45, 7) is 0.918. The van der Waals surface area contributed by atoms with Gasteiger partial charge in [0.05, 0.1) is 17.8 Å². The van der Waals surface area contributed by atoms with E-state index in [1.807, 2.05) is 18.2 Å². The second-order valence-electron chi connectivity index (χ2n) is 4.57. The molecule has 0 amide bonds. The smallest absolute Gasteiger partial charge is 0.101 e. The molecule has 3 heteroatoms. The van der Waals surface area contributed by atoms with Crippen LogP contribution in [0.3, 0.4) is 0 Å². The van der Waals surface area contributed by atoms with E-state index in [9.17, 15) is 5.26 Å². The average Bonchev–Trinajstić information content (AvgIpc) is 3.13. The van der Waals surface area contributed by atoms with Crippen LogP contribution in [0.25, 0.3) is 0 Å². The molecule has 0 N–H and O–H groups in total. The third-order valence-corrected chi connectivity index (χ3v) is 4.09. The van der Waals surface area contributed by atoms with Crippen molar-refractivity contribution in [2.75, 3.05) is 4.90 Å². The van der Waals surface area contributed by atoms with Gasteiger partial charge in [-0.3, -0.25) is 0 Å². The summed E-state index contributed by atoms with van der Waals surface area (Å²) in [5, 5.41) is 11.3. The van der Waals surface area contributed by atoms with E-state index in [0.717, 1.165) is 17.8 Å². The molecule has 0 bridgehead atoms. The van der Waals surface area contributed by atoms with Gasteiger partial charge >= 0.3 is 0 Å². The van der Waals surface area contributed by atoms with Gasteiger partial charge in [-0.2, -0.15) is 5.26 Å². The summed E-state index contributed by atoms with van der Waals surface area (Å²) in [6.07, 6.45) is 2.48. The van der Waals surface area contributed by atoms with Crippen molar-refractivity contribution in [3.63, 3.8) is 0 Å². The fourth-order valence-corrected chi connectivity index (χ4v) is 2.89. The number of thiophene rings is 1. The Balaban J connectivity index is 1.92. The molecule has 2 aromatic rings. The van der Waals surface area contributed by atoms with Crippen LogP contribution in [0.5, 0.6) is 0 Å². The Hall–Kier alpha value is -1.79. The first-order valence-corrected chi connectivity index (χ1v) is 7.04. The summed E-state index contributed by atoms with van der Waals surface area (Å²) in [5.74, 6) is 0. The molecule has 1 aromatic carbocycles. The lowest BCUT2D eigenvalue weighted by Crippen LogP contribution is -2.25. The zero-order valence-corrected chi connectivity index (χ0v) is 10.9. The quantitative estimate of drug-likeness (QED) is 0.830. The summed E-state index contributed by atoms with van der Waals surface area (Å²) in [5.41, 5.74) is 1.86. The van der Waals surface area contributed by atoms with E-state index in [2.05, 4.69) is 34.5 Å². The summed E-state index contributed by atoms with van der Waals surface area (Å²) in [4.78, 5) is 3.74. The van der Waals surface area contributed by atoms with Gasteiger partial charge < -0.3 is 4.90 Å². The predicted octanol–water partition coefficient (Wildman–Crippen LogP) is 3.79. The SMILES string of the molecule is N#Cc1ccccc1N(Cc1cccs1)C1CC1. The Bertz CT molecular complexity index is 564. The highest BCUT2D eigenvalue weighted by atomic mass is 32.1. The van der Waals surface area contributed by atoms with E-state index < -0.39 is 0 Å². The highest BCUT2D eigenvalue weighted by Gasteiger charge is 2.30. The van der Waals surface area contributed by atoms with E-state index in [1.165, 1.54) is 17.7 Å². The van der Waals surface area contributed by atoms with Gasteiger partial charge in [-0.1, -0.05) is 18.2 Å². The molecule has 0 radical (unpaired) electrons. The molecule has 0 aliphatic heterocycles. The first-order valence-electron chi connectivity index (χ1n) is 6.16. The number of benzene rings is 1. The molecule has 2 nitrogen and oxygen atoms in total. The molecule has 1 aliphatic rings. The van der Waals surface area contributed by atoms with Gasteiger partial charge in [0.25, 0.3) is 0 Å². The summed E-state index contributed by atoms with van der Waals surface area (Å²) >= 11 is 1.78. The molecule has 18 heavy (non-hydrogen) atoms. The summed E-state index contributed by atoms with van der Waals surface area (Å²) in [6, 6.07) is 15.1. The third-order valence-electron chi connectivity index (χ3n) is 3.23. The van der Waals surface area contributed by atoms with E-state index in [4.69, 9.17) is 0 Å². The maximum atomic E-state index is 9.22. The van der Waals surface area contributed by atoms with Crippen molar-refractivity contribution in [2.24, 2.45) is 0 Å². The minimum atomic E-state index is 0.613. The standard InChI is InChI=1S/C15H14N2S/c16-10-12-4-1-2-6-15(12)17(13-7-8-13)11-14-5-3-9-18-14/h1-6,9,13H,7-8,11H2. The van der Waals surface area contributed by atoms with E-state index >= 15 is 0 Å². The van der Waals surface area contributed by atoms with E-state index in [0.29, 0.717) is 6.04 Å². The molecule has 90 valence electrons. The Labute approximate surface area is 111 Å². The average molecular weight is 254 g/mol. The Morgan fingerprint density at radius 3 is 2.72 bits per heavy atom. The van der Waals surface area contributed by atoms with Crippen LogP contribution in [0.15, 0.2) is 41.8 Å². The van der Waals surface area contributed by atoms with E-state index in [-0.39, 0.29) is 0 Å². The van der Waals surface area contributed by atoms with Crippen molar-refractivity contribution in [2.45, 2.75) is 25.4 Å². The molecule has 0 saturated heterocycles. The lowest BCUT2D eigenvalue weighted by molar-refractivity contribution is 0.802. The van der Waals surface area contributed by atoms with Crippen LogP contribution in [-0.4, -0.2) is 6.04 Å². The highest BCUT2D eigenvalue weighted by Crippen LogP contribution is 2.35. The first-order chi connectivity index (χ1) is 8.88. The Kier molecular flexibility index (Phi) is 3.04. The molecule has 1 aromatic heterocycles. The molecule has 0 atom stereocenters. The van der Waals surface area contributed by atoms with Crippen molar-refractivity contribution in [1.29, 1.82) is 5.26 Å². The fourth-order valence-electron chi connectivity index (χ4n) is 2.19. The molecule has 1 fully saturated rings. The van der Waals surface area contributed by atoms with Crippen LogP contribution in [0.2, 0.25) is 0 Å². The predicted molar refractivity (Wildman–Crippen MR) is 74.7 cm³/mol. The van der Waals surface area contributed by atoms with Crippen molar-refractivity contribution >= 4 is 17.0 Å². The van der Waals surface area contributed by atoms with Crippen LogP contribution in [0, 0.1) is 11.3 Å². The number of hydrogen-bond acceptors (Lipinski definition) is 3. The molecule has 1 aliphatic carbocycles.